The fraction of sp³-hybridized carbons (Fsp3) is 0.115. The molecule has 0 unspecified atom stereocenters. The summed E-state index contributed by atoms with van der Waals surface area (Å²) >= 11 is 0. The second-order valence-corrected chi connectivity index (χ2v) is 7.79. The Labute approximate surface area is 174 Å². The van der Waals surface area contributed by atoms with Crippen LogP contribution in [0.4, 0.5) is 0 Å². The number of hydrogen-bond donors (Lipinski definition) is 1. The third kappa shape index (κ3) is 2.89. The summed E-state index contributed by atoms with van der Waals surface area (Å²) < 4.78 is 7.88. The van der Waals surface area contributed by atoms with E-state index in [-0.39, 0.29) is 0 Å². The predicted octanol–water partition coefficient (Wildman–Crippen LogP) is 5.82. The number of nitrogens with zero attached hydrogens (tertiary/aromatic N) is 1. The molecule has 0 bridgehead atoms. The number of rotatable bonds is 4. The number of fused-ring (bicyclic) bond motifs is 3. The molecule has 0 aliphatic heterocycles. The fourth-order valence-electron chi connectivity index (χ4n) is 4.26. The number of carbonyl (C=O) groups excluding carboxylic acids is 1. The molecule has 0 radical (unpaired) electrons. The third-order valence-corrected chi connectivity index (χ3v) is 5.80. The van der Waals surface area contributed by atoms with Gasteiger partial charge in [0, 0.05) is 28.4 Å². The molecule has 0 spiro atoms. The summed E-state index contributed by atoms with van der Waals surface area (Å²) in [5.41, 5.74) is 13.0. The second-order valence-electron chi connectivity index (χ2n) is 7.79. The van der Waals surface area contributed by atoms with Gasteiger partial charge in [0.25, 0.3) is 0 Å². The Balaban J connectivity index is 1.83. The van der Waals surface area contributed by atoms with Crippen molar-refractivity contribution in [1.29, 1.82) is 0 Å². The SMILES string of the molecule is Cc1ccc(C)c(Cn2c3cc(-c4ccco4)ccc3c3c(C(N)=O)cccc32)c1. The quantitative estimate of drug-likeness (QED) is 0.418. The number of nitrogens with two attached hydrogens (primary N) is 1. The molecule has 0 fully saturated rings. The number of carbonyl (C=O) groups is 1. The number of amides is 1. The standard InChI is InChI=1S/C26H22N2O2/c1-16-8-9-17(2)19(13-16)15-28-22-6-3-5-21(26(27)29)25(22)20-11-10-18(14-23(20)28)24-7-4-12-30-24/h3-14H,15H2,1-2H3,(H2,27,29). The van der Waals surface area contributed by atoms with Crippen LogP contribution in [-0.4, -0.2) is 10.5 Å². The zero-order valence-electron chi connectivity index (χ0n) is 17.0. The molecule has 2 heterocycles. The molecule has 0 aliphatic rings. The Morgan fingerprint density at radius 2 is 1.83 bits per heavy atom. The summed E-state index contributed by atoms with van der Waals surface area (Å²) in [6.45, 7) is 4.94. The summed E-state index contributed by atoms with van der Waals surface area (Å²) in [4.78, 5) is 12.2. The lowest BCUT2D eigenvalue weighted by Gasteiger charge is -2.12. The van der Waals surface area contributed by atoms with Gasteiger partial charge in [-0.15, -0.1) is 0 Å². The van der Waals surface area contributed by atoms with Crippen LogP contribution in [0.5, 0.6) is 0 Å². The Kier molecular flexibility index (Phi) is 4.21. The van der Waals surface area contributed by atoms with Crippen LogP contribution in [0.3, 0.4) is 0 Å². The van der Waals surface area contributed by atoms with Crippen LogP contribution in [-0.2, 0) is 6.54 Å². The van der Waals surface area contributed by atoms with Crippen molar-refractivity contribution in [2.24, 2.45) is 5.73 Å². The van der Waals surface area contributed by atoms with Crippen molar-refractivity contribution < 1.29 is 9.21 Å². The molecule has 30 heavy (non-hydrogen) atoms. The minimum atomic E-state index is -0.415. The Hall–Kier alpha value is -3.79. The Morgan fingerprint density at radius 1 is 0.967 bits per heavy atom. The molecule has 5 rings (SSSR count). The van der Waals surface area contributed by atoms with E-state index >= 15 is 0 Å². The average molecular weight is 394 g/mol. The molecule has 148 valence electrons. The molecule has 4 heteroatoms. The van der Waals surface area contributed by atoms with E-state index in [9.17, 15) is 4.79 Å². The highest BCUT2D eigenvalue weighted by atomic mass is 16.3. The number of benzene rings is 3. The molecule has 0 atom stereocenters. The molecule has 2 N–H and O–H groups in total. The minimum Gasteiger partial charge on any atom is -0.464 e. The first-order valence-corrected chi connectivity index (χ1v) is 9.98. The van der Waals surface area contributed by atoms with E-state index in [4.69, 9.17) is 10.2 Å². The van der Waals surface area contributed by atoms with Gasteiger partial charge in [0.15, 0.2) is 0 Å². The average Bonchev–Trinajstić information content (AvgIpc) is 3.37. The number of aromatic nitrogens is 1. The van der Waals surface area contributed by atoms with E-state index in [2.05, 4.69) is 54.8 Å². The maximum atomic E-state index is 12.2. The Bertz CT molecular complexity index is 1410. The van der Waals surface area contributed by atoms with Crippen molar-refractivity contribution in [2.75, 3.05) is 0 Å². The molecule has 1 amide bonds. The van der Waals surface area contributed by atoms with Crippen LogP contribution in [0.2, 0.25) is 0 Å². The summed E-state index contributed by atoms with van der Waals surface area (Å²) in [6, 6.07) is 22.3. The summed E-state index contributed by atoms with van der Waals surface area (Å²) in [6.07, 6.45) is 1.68. The van der Waals surface area contributed by atoms with Gasteiger partial charge in [0.1, 0.15) is 5.76 Å². The molecule has 2 aromatic heterocycles. The van der Waals surface area contributed by atoms with Gasteiger partial charge >= 0.3 is 0 Å². The smallest absolute Gasteiger partial charge is 0.249 e. The monoisotopic (exact) mass is 394 g/mol. The van der Waals surface area contributed by atoms with Gasteiger partial charge in [-0.3, -0.25) is 4.79 Å². The number of aryl methyl sites for hydroxylation is 2. The van der Waals surface area contributed by atoms with Crippen molar-refractivity contribution in [3.05, 3.63) is 95.2 Å². The van der Waals surface area contributed by atoms with Gasteiger partial charge in [-0.05, 0) is 55.3 Å². The minimum absolute atomic E-state index is 0.415. The van der Waals surface area contributed by atoms with Crippen LogP contribution in [0.15, 0.2) is 77.4 Å². The van der Waals surface area contributed by atoms with Gasteiger partial charge in [0.05, 0.1) is 17.3 Å². The van der Waals surface area contributed by atoms with Gasteiger partial charge in [-0.25, -0.2) is 0 Å². The normalized spacial score (nSPS) is 11.4. The molecule has 4 nitrogen and oxygen atoms in total. The lowest BCUT2D eigenvalue weighted by molar-refractivity contribution is 0.100. The van der Waals surface area contributed by atoms with E-state index in [0.29, 0.717) is 12.1 Å². The molecule has 0 saturated carbocycles. The van der Waals surface area contributed by atoms with Crippen LogP contribution >= 0.6 is 0 Å². The first kappa shape index (κ1) is 18.3. The molecule has 0 aliphatic carbocycles. The van der Waals surface area contributed by atoms with Gasteiger partial charge < -0.3 is 14.7 Å². The van der Waals surface area contributed by atoms with Crippen LogP contribution in [0.1, 0.15) is 27.0 Å². The van der Waals surface area contributed by atoms with Crippen molar-refractivity contribution in [2.45, 2.75) is 20.4 Å². The lowest BCUT2D eigenvalue weighted by atomic mass is 10.0. The lowest BCUT2D eigenvalue weighted by Crippen LogP contribution is -2.11. The molecule has 5 aromatic rings. The molecular weight excluding hydrogens is 372 g/mol. The van der Waals surface area contributed by atoms with Gasteiger partial charge in [-0.1, -0.05) is 42.0 Å². The highest BCUT2D eigenvalue weighted by Crippen LogP contribution is 2.35. The number of furan rings is 1. The summed E-state index contributed by atoms with van der Waals surface area (Å²) in [7, 11) is 0. The first-order valence-electron chi connectivity index (χ1n) is 9.98. The Morgan fingerprint density at radius 3 is 2.60 bits per heavy atom. The van der Waals surface area contributed by atoms with E-state index in [1.807, 2.05) is 24.3 Å². The first-order chi connectivity index (χ1) is 14.5. The van der Waals surface area contributed by atoms with Gasteiger partial charge in [-0.2, -0.15) is 0 Å². The zero-order valence-corrected chi connectivity index (χ0v) is 17.0. The van der Waals surface area contributed by atoms with Crippen molar-refractivity contribution >= 4 is 27.7 Å². The maximum Gasteiger partial charge on any atom is 0.249 e. The van der Waals surface area contributed by atoms with Crippen molar-refractivity contribution in [3.63, 3.8) is 0 Å². The molecule has 0 saturated heterocycles. The van der Waals surface area contributed by atoms with Crippen LogP contribution < -0.4 is 5.73 Å². The van der Waals surface area contributed by atoms with Crippen molar-refractivity contribution in [1.82, 2.24) is 4.57 Å². The maximum absolute atomic E-state index is 12.2. The van der Waals surface area contributed by atoms with Crippen molar-refractivity contribution in [3.8, 4) is 11.3 Å². The van der Waals surface area contributed by atoms with Crippen LogP contribution in [0.25, 0.3) is 33.1 Å². The van der Waals surface area contributed by atoms with E-state index in [1.165, 1.54) is 16.7 Å². The largest absolute Gasteiger partial charge is 0.464 e. The van der Waals surface area contributed by atoms with E-state index < -0.39 is 5.91 Å². The topological polar surface area (TPSA) is 61.2 Å². The number of hydrogen-bond acceptors (Lipinski definition) is 2. The summed E-state index contributed by atoms with van der Waals surface area (Å²) in [5, 5.41) is 1.91. The summed E-state index contributed by atoms with van der Waals surface area (Å²) in [5.74, 6) is 0.400. The molecular formula is C26H22N2O2. The highest BCUT2D eigenvalue weighted by Gasteiger charge is 2.18. The highest BCUT2D eigenvalue weighted by molar-refractivity contribution is 6.18. The van der Waals surface area contributed by atoms with Crippen LogP contribution in [0, 0.1) is 13.8 Å². The van der Waals surface area contributed by atoms with E-state index in [0.717, 1.165) is 33.1 Å². The van der Waals surface area contributed by atoms with Gasteiger partial charge in [0.2, 0.25) is 5.91 Å². The third-order valence-electron chi connectivity index (χ3n) is 5.80. The number of primary amides is 1. The van der Waals surface area contributed by atoms with E-state index in [1.54, 1.807) is 12.3 Å². The zero-order chi connectivity index (χ0) is 20.8. The molecule has 3 aromatic carbocycles. The second kappa shape index (κ2) is 6.92. The fourth-order valence-corrected chi connectivity index (χ4v) is 4.26. The predicted molar refractivity (Wildman–Crippen MR) is 121 cm³/mol.